The van der Waals surface area contributed by atoms with Gasteiger partial charge < -0.3 is 5.32 Å². The summed E-state index contributed by atoms with van der Waals surface area (Å²) in [5, 5.41) is 11.6. The quantitative estimate of drug-likeness (QED) is 0.908. The standard InChI is InChI=1S/C14H16FN3S/c1-10(9-19-2)16-14-8-7-13(17-18-14)11-3-5-12(15)6-4-11/h3-8,10H,9H2,1-2H3,(H,16,18). The Balaban J connectivity index is 2.08. The number of benzene rings is 1. The highest BCUT2D eigenvalue weighted by Gasteiger charge is 2.04. The van der Waals surface area contributed by atoms with Gasteiger partial charge in [-0.1, -0.05) is 0 Å². The van der Waals surface area contributed by atoms with Gasteiger partial charge in [0, 0.05) is 17.4 Å². The normalized spacial score (nSPS) is 12.2. The summed E-state index contributed by atoms with van der Waals surface area (Å²) in [5.74, 6) is 1.52. The first-order valence-electron chi connectivity index (χ1n) is 6.04. The molecule has 2 aromatic rings. The van der Waals surface area contributed by atoms with Gasteiger partial charge in [0.05, 0.1) is 5.69 Å². The zero-order valence-corrected chi connectivity index (χ0v) is 11.7. The summed E-state index contributed by atoms with van der Waals surface area (Å²) in [6.07, 6.45) is 2.07. The van der Waals surface area contributed by atoms with E-state index in [1.165, 1.54) is 12.1 Å². The Morgan fingerprint density at radius 3 is 2.47 bits per heavy atom. The molecule has 5 heteroatoms. The minimum absolute atomic E-state index is 0.249. The molecule has 1 unspecified atom stereocenters. The highest BCUT2D eigenvalue weighted by molar-refractivity contribution is 7.98. The molecule has 1 aromatic carbocycles. The lowest BCUT2D eigenvalue weighted by atomic mass is 10.1. The number of thioether (sulfide) groups is 1. The molecule has 19 heavy (non-hydrogen) atoms. The number of hydrogen-bond acceptors (Lipinski definition) is 4. The second-order valence-corrected chi connectivity index (χ2v) is 5.22. The first kappa shape index (κ1) is 13.8. The fourth-order valence-corrected chi connectivity index (χ4v) is 2.31. The van der Waals surface area contributed by atoms with Crippen LogP contribution in [0.5, 0.6) is 0 Å². The summed E-state index contributed by atoms with van der Waals surface area (Å²) < 4.78 is 12.8. The van der Waals surface area contributed by atoms with E-state index in [4.69, 9.17) is 0 Å². The average molecular weight is 277 g/mol. The number of nitrogens with zero attached hydrogens (tertiary/aromatic N) is 2. The van der Waals surface area contributed by atoms with Gasteiger partial charge in [-0.3, -0.25) is 0 Å². The topological polar surface area (TPSA) is 37.8 Å². The maximum Gasteiger partial charge on any atom is 0.148 e. The van der Waals surface area contributed by atoms with Gasteiger partial charge in [0.2, 0.25) is 0 Å². The Labute approximate surface area is 116 Å². The van der Waals surface area contributed by atoms with Crippen molar-refractivity contribution in [3.05, 3.63) is 42.2 Å². The van der Waals surface area contributed by atoms with E-state index in [0.29, 0.717) is 6.04 Å². The van der Waals surface area contributed by atoms with E-state index < -0.39 is 0 Å². The monoisotopic (exact) mass is 277 g/mol. The van der Waals surface area contributed by atoms with E-state index >= 15 is 0 Å². The molecule has 0 fully saturated rings. The molecule has 0 aliphatic carbocycles. The van der Waals surface area contributed by atoms with Crippen molar-refractivity contribution in [1.82, 2.24) is 10.2 Å². The summed E-state index contributed by atoms with van der Waals surface area (Å²) in [5.41, 5.74) is 1.60. The molecule has 1 aromatic heterocycles. The summed E-state index contributed by atoms with van der Waals surface area (Å²) in [7, 11) is 0. The molecule has 1 heterocycles. The van der Waals surface area contributed by atoms with Crippen LogP contribution in [0.25, 0.3) is 11.3 Å². The minimum atomic E-state index is -0.249. The van der Waals surface area contributed by atoms with Crippen LogP contribution in [0.1, 0.15) is 6.92 Å². The van der Waals surface area contributed by atoms with Crippen molar-refractivity contribution in [3.63, 3.8) is 0 Å². The van der Waals surface area contributed by atoms with Crippen LogP contribution in [-0.4, -0.2) is 28.2 Å². The predicted octanol–water partition coefficient (Wildman–Crippen LogP) is 3.45. The molecule has 0 aliphatic rings. The largest absolute Gasteiger partial charge is 0.365 e. The molecule has 0 saturated heterocycles. The molecular weight excluding hydrogens is 261 g/mol. The van der Waals surface area contributed by atoms with Crippen molar-refractivity contribution in [1.29, 1.82) is 0 Å². The zero-order valence-electron chi connectivity index (χ0n) is 10.9. The smallest absolute Gasteiger partial charge is 0.148 e. The van der Waals surface area contributed by atoms with E-state index in [2.05, 4.69) is 28.7 Å². The lowest BCUT2D eigenvalue weighted by Gasteiger charge is -2.12. The van der Waals surface area contributed by atoms with Crippen LogP contribution < -0.4 is 5.32 Å². The summed E-state index contributed by atoms with van der Waals surface area (Å²) in [4.78, 5) is 0. The summed E-state index contributed by atoms with van der Waals surface area (Å²) in [6, 6.07) is 10.4. The second kappa shape index (κ2) is 6.52. The number of anilines is 1. The highest BCUT2D eigenvalue weighted by atomic mass is 32.2. The number of hydrogen-bond donors (Lipinski definition) is 1. The van der Waals surface area contributed by atoms with Crippen LogP contribution in [0.3, 0.4) is 0 Å². The molecule has 3 nitrogen and oxygen atoms in total. The number of halogens is 1. The van der Waals surface area contributed by atoms with Gasteiger partial charge >= 0.3 is 0 Å². The molecule has 0 aliphatic heterocycles. The fraction of sp³-hybridized carbons (Fsp3) is 0.286. The third-order valence-corrected chi connectivity index (χ3v) is 3.45. The molecule has 0 radical (unpaired) electrons. The number of aromatic nitrogens is 2. The van der Waals surface area contributed by atoms with Gasteiger partial charge in [0.1, 0.15) is 11.6 Å². The predicted molar refractivity (Wildman–Crippen MR) is 78.9 cm³/mol. The third-order valence-electron chi connectivity index (χ3n) is 2.62. The second-order valence-electron chi connectivity index (χ2n) is 4.31. The molecule has 100 valence electrons. The Hall–Kier alpha value is -1.62. The number of nitrogens with one attached hydrogen (secondary N) is 1. The van der Waals surface area contributed by atoms with Crippen LogP contribution in [0.15, 0.2) is 36.4 Å². The molecule has 1 N–H and O–H groups in total. The molecular formula is C14H16FN3S. The lowest BCUT2D eigenvalue weighted by molar-refractivity contribution is 0.628. The van der Waals surface area contributed by atoms with Crippen LogP contribution in [0.2, 0.25) is 0 Å². The van der Waals surface area contributed by atoms with Crippen molar-refractivity contribution in [3.8, 4) is 11.3 Å². The highest BCUT2D eigenvalue weighted by Crippen LogP contribution is 2.17. The van der Waals surface area contributed by atoms with Gasteiger partial charge in [-0.25, -0.2) is 4.39 Å². The van der Waals surface area contributed by atoms with Crippen LogP contribution in [0, 0.1) is 5.82 Å². The van der Waals surface area contributed by atoms with Crippen LogP contribution in [-0.2, 0) is 0 Å². The third kappa shape index (κ3) is 3.92. The average Bonchev–Trinajstić information content (AvgIpc) is 2.41. The Morgan fingerprint density at radius 2 is 1.89 bits per heavy atom. The van der Waals surface area contributed by atoms with Crippen molar-refractivity contribution in [2.24, 2.45) is 0 Å². The fourth-order valence-electron chi connectivity index (χ4n) is 1.73. The van der Waals surface area contributed by atoms with Gasteiger partial charge in [-0.15, -0.1) is 10.2 Å². The van der Waals surface area contributed by atoms with Crippen molar-refractivity contribution < 1.29 is 4.39 Å². The molecule has 2 rings (SSSR count). The molecule has 0 saturated carbocycles. The summed E-state index contributed by atoms with van der Waals surface area (Å²) >= 11 is 1.78. The lowest BCUT2D eigenvalue weighted by Crippen LogP contribution is -2.18. The van der Waals surface area contributed by atoms with Crippen molar-refractivity contribution in [2.45, 2.75) is 13.0 Å². The molecule has 1 atom stereocenters. The van der Waals surface area contributed by atoms with Gasteiger partial charge in [0.25, 0.3) is 0 Å². The maximum atomic E-state index is 12.8. The van der Waals surface area contributed by atoms with Gasteiger partial charge in [-0.05, 0) is 49.6 Å². The minimum Gasteiger partial charge on any atom is -0.365 e. The van der Waals surface area contributed by atoms with Crippen LogP contribution in [0.4, 0.5) is 10.2 Å². The van der Waals surface area contributed by atoms with E-state index in [0.717, 1.165) is 22.8 Å². The van der Waals surface area contributed by atoms with Crippen molar-refractivity contribution in [2.75, 3.05) is 17.3 Å². The maximum absolute atomic E-state index is 12.8. The van der Waals surface area contributed by atoms with Gasteiger partial charge in [0.15, 0.2) is 0 Å². The van der Waals surface area contributed by atoms with E-state index in [9.17, 15) is 4.39 Å². The Kier molecular flexibility index (Phi) is 4.74. The molecule has 0 spiro atoms. The molecule has 0 amide bonds. The van der Waals surface area contributed by atoms with Gasteiger partial charge in [-0.2, -0.15) is 11.8 Å². The van der Waals surface area contributed by atoms with Crippen LogP contribution >= 0.6 is 11.8 Å². The van der Waals surface area contributed by atoms with E-state index in [1.807, 2.05) is 12.1 Å². The molecule has 0 bridgehead atoms. The summed E-state index contributed by atoms with van der Waals surface area (Å²) in [6.45, 7) is 2.10. The van der Waals surface area contributed by atoms with E-state index in [-0.39, 0.29) is 5.82 Å². The SMILES string of the molecule is CSCC(C)Nc1ccc(-c2ccc(F)cc2)nn1. The van der Waals surface area contributed by atoms with Crippen molar-refractivity contribution >= 4 is 17.6 Å². The Morgan fingerprint density at radius 1 is 1.16 bits per heavy atom. The number of rotatable bonds is 5. The Bertz CT molecular complexity index is 513. The van der Waals surface area contributed by atoms with E-state index in [1.54, 1.807) is 23.9 Å². The zero-order chi connectivity index (χ0) is 13.7. The first-order chi connectivity index (χ1) is 9.19. The first-order valence-corrected chi connectivity index (χ1v) is 7.43.